The zero-order valence-corrected chi connectivity index (χ0v) is 16.2. The van der Waals surface area contributed by atoms with Gasteiger partial charge < -0.3 is 10.6 Å². The Labute approximate surface area is 170 Å². The van der Waals surface area contributed by atoms with Crippen molar-refractivity contribution in [3.63, 3.8) is 0 Å². The molecular formula is C20H16N6O2S. The monoisotopic (exact) mass is 404 g/mol. The number of hydrogen-bond acceptors (Lipinski definition) is 6. The molecule has 2 N–H and O–H groups in total. The third-order valence-corrected chi connectivity index (χ3v) is 5.10. The van der Waals surface area contributed by atoms with Gasteiger partial charge in [-0.05, 0) is 61.0 Å². The summed E-state index contributed by atoms with van der Waals surface area (Å²) in [6.45, 7) is 1.92. The van der Waals surface area contributed by atoms with E-state index in [0.29, 0.717) is 21.3 Å². The number of aromatic nitrogens is 4. The SMILES string of the molecule is Cc1ccnc(NC(=O)c2ccc(C(=O)Nc3ccc(-n4cncn4)cc3)s2)c1. The van der Waals surface area contributed by atoms with Crippen LogP contribution in [0.4, 0.5) is 11.5 Å². The Bertz CT molecular complexity index is 1150. The van der Waals surface area contributed by atoms with Crippen LogP contribution in [-0.2, 0) is 0 Å². The Hall–Kier alpha value is -3.85. The molecule has 4 aromatic rings. The highest BCUT2D eigenvalue weighted by molar-refractivity contribution is 7.16. The van der Waals surface area contributed by atoms with E-state index in [-0.39, 0.29) is 11.8 Å². The molecule has 0 aliphatic rings. The molecule has 8 nitrogen and oxygen atoms in total. The molecule has 29 heavy (non-hydrogen) atoms. The third-order valence-electron chi connectivity index (χ3n) is 4.02. The lowest BCUT2D eigenvalue weighted by Gasteiger charge is -2.05. The second kappa shape index (κ2) is 8.03. The molecule has 144 valence electrons. The molecule has 0 aliphatic heterocycles. The standard InChI is InChI=1S/C20H16N6O2S/c1-13-8-9-22-18(10-13)25-20(28)17-7-6-16(29-17)19(27)24-14-2-4-15(5-3-14)26-12-21-11-23-26/h2-12H,1H3,(H,24,27)(H,22,25,28). The topological polar surface area (TPSA) is 102 Å². The normalized spacial score (nSPS) is 10.5. The lowest BCUT2D eigenvalue weighted by molar-refractivity contribution is 0.102. The van der Waals surface area contributed by atoms with E-state index in [0.717, 1.165) is 22.6 Å². The number of benzene rings is 1. The molecule has 3 heterocycles. The summed E-state index contributed by atoms with van der Waals surface area (Å²) in [5.74, 6) is -0.109. The van der Waals surface area contributed by atoms with E-state index in [1.54, 1.807) is 47.5 Å². The average molecular weight is 404 g/mol. The number of aryl methyl sites for hydroxylation is 1. The maximum absolute atomic E-state index is 12.5. The van der Waals surface area contributed by atoms with Crippen LogP contribution in [-0.4, -0.2) is 31.6 Å². The number of hydrogen-bond donors (Lipinski definition) is 2. The van der Waals surface area contributed by atoms with Crippen LogP contribution in [0.15, 0.2) is 67.4 Å². The van der Waals surface area contributed by atoms with Crippen LogP contribution in [0.25, 0.3) is 5.69 Å². The second-order valence-electron chi connectivity index (χ2n) is 6.18. The average Bonchev–Trinajstić information content (AvgIpc) is 3.41. The fourth-order valence-electron chi connectivity index (χ4n) is 2.60. The van der Waals surface area contributed by atoms with Crippen molar-refractivity contribution < 1.29 is 9.59 Å². The molecule has 0 unspecified atom stereocenters. The molecule has 0 bridgehead atoms. The van der Waals surface area contributed by atoms with Gasteiger partial charge in [-0.1, -0.05) is 0 Å². The van der Waals surface area contributed by atoms with Crippen LogP contribution in [0, 0.1) is 6.92 Å². The highest BCUT2D eigenvalue weighted by Crippen LogP contribution is 2.20. The molecule has 0 saturated carbocycles. The van der Waals surface area contributed by atoms with Crippen molar-refractivity contribution in [2.24, 2.45) is 0 Å². The van der Waals surface area contributed by atoms with Crippen molar-refractivity contribution in [1.29, 1.82) is 0 Å². The molecule has 0 saturated heterocycles. The molecule has 4 rings (SSSR count). The maximum Gasteiger partial charge on any atom is 0.266 e. The highest BCUT2D eigenvalue weighted by atomic mass is 32.1. The number of thiophene rings is 1. The van der Waals surface area contributed by atoms with E-state index in [1.807, 2.05) is 25.1 Å². The Morgan fingerprint density at radius 1 is 0.966 bits per heavy atom. The largest absolute Gasteiger partial charge is 0.321 e. The molecule has 0 radical (unpaired) electrons. The summed E-state index contributed by atoms with van der Waals surface area (Å²) in [6.07, 6.45) is 4.68. The Kier molecular flexibility index (Phi) is 5.12. The van der Waals surface area contributed by atoms with E-state index in [2.05, 4.69) is 25.7 Å². The second-order valence-corrected chi connectivity index (χ2v) is 7.26. The fourth-order valence-corrected chi connectivity index (χ4v) is 3.39. The Morgan fingerprint density at radius 3 is 2.34 bits per heavy atom. The van der Waals surface area contributed by atoms with Crippen molar-refractivity contribution in [2.45, 2.75) is 6.92 Å². The molecule has 0 atom stereocenters. The summed E-state index contributed by atoms with van der Waals surface area (Å²) in [7, 11) is 0. The maximum atomic E-state index is 12.5. The molecular weight excluding hydrogens is 388 g/mol. The number of amides is 2. The summed E-state index contributed by atoms with van der Waals surface area (Å²) in [5.41, 5.74) is 2.47. The number of anilines is 2. The number of rotatable bonds is 5. The number of nitrogens with zero attached hydrogens (tertiary/aromatic N) is 4. The predicted molar refractivity (Wildman–Crippen MR) is 111 cm³/mol. The minimum atomic E-state index is -0.302. The van der Waals surface area contributed by atoms with Gasteiger partial charge in [-0.3, -0.25) is 9.59 Å². The van der Waals surface area contributed by atoms with Crippen LogP contribution in [0.1, 0.15) is 24.9 Å². The van der Waals surface area contributed by atoms with Crippen molar-refractivity contribution >= 4 is 34.7 Å². The predicted octanol–water partition coefficient (Wildman–Crippen LogP) is 3.54. The van der Waals surface area contributed by atoms with Crippen molar-refractivity contribution in [1.82, 2.24) is 19.7 Å². The van der Waals surface area contributed by atoms with Crippen molar-refractivity contribution in [3.8, 4) is 5.69 Å². The molecule has 0 fully saturated rings. The lowest BCUT2D eigenvalue weighted by atomic mass is 10.2. The van der Waals surface area contributed by atoms with Gasteiger partial charge >= 0.3 is 0 Å². The first-order chi connectivity index (χ1) is 14.1. The molecule has 0 aliphatic carbocycles. The first kappa shape index (κ1) is 18.5. The lowest BCUT2D eigenvalue weighted by Crippen LogP contribution is -2.12. The van der Waals surface area contributed by atoms with Gasteiger partial charge in [0.25, 0.3) is 11.8 Å². The van der Waals surface area contributed by atoms with Gasteiger partial charge in [0.15, 0.2) is 0 Å². The van der Waals surface area contributed by atoms with Gasteiger partial charge in [0.2, 0.25) is 0 Å². The zero-order valence-electron chi connectivity index (χ0n) is 15.4. The number of pyridine rings is 1. The number of nitrogens with one attached hydrogen (secondary N) is 2. The molecule has 9 heteroatoms. The van der Waals surface area contributed by atoms with Gasteiger partial charge in [-0.25, -0.2) is 14.6 Å². The summed E-state index contributed by atoms with van der Waals surface area (Å²) < 4.78 is 1.62. The first-order valence-corrected chi connectivity index (χ1v) is 9.50. The zero-order chi connectivity index (χ0) is 20.2. The summed E-state index contributed by atoms with van der Waals surface area (Å²) in [5, 5.41) is 9.61. The van der Waals surface area contributed by atoms with E-state index < -0.39 is 0 Å². The molecule has 3 aromatic heterocycles. The van der Waals surface area contributed by atoms with Crippen molar-refractivity contribution in [3.05, 3.63) is 82.7 Å². The van der Waals surface area contributed by atoms with Gasteiger partial charge in [0, 0.05) is 11.9 Å². The van der Waals surface area contributed by atoms with Gasteiger partial charge in [0.05, 0.1) is 15.4 Å². The van der Waals surface area contributed by atoms with Gasteiger partial charge in [-0.15, -0.1) is 11.3 Å². The Balaban J connectivity index is 1.41. The smallest absolute Gasteiger partial charge is 0.266 e. The summed E-state index contributed by atoms with van der Waals surface area (Å²) in [6, 6.07) is 14.1. The number of carbonyl (C=O) groups excluding carboxylic acids is 2. The van der Waals surface area contributed by atoms with Crippen molar-refractivity contribution in [2.75, 3.05) is 10.6 Å². The summed E-state index contributed by atoms with van der Waals surface area (Å²) in [4.78, 5) is 33.8. The van der Waals surface area contributed by atoms with E-state index in [4.69, 9.17) is 0 Å². The molecule has 1 aromatic carbocycles. The van der Waals surface area contributed by atoms with Crippen LogP contribution in [0.3, 0.4) is 0 Å². The van der Waals surface area contributed by atoms with E-state index in [1.165, 1.54) is 6.33 Å². The van der Waals surface area contributed by atoms with Crippen LogP contribution < -0.4 is 10.6 Å². The van der Waals surface area contributed by atoms with Gasteiger partial charge in [0.1, 0.15) is 18.5 Å². The minimum absolute atomic E-state index is 0.281. The Morgan fingerprint density at radius 2 is 1.69 bits per heavy atom. The molecule has 0 spiro atoms. The number of carbonyl (C=O) groups is 2. The van der Waals surface area contributed by atoms with E-state index in [9.17, 15) is 9.59 Å². The van der Waals surface area contributed by atoms with Crippen LogP contribution in [0.2, 0.25) is 0 Å². The van der Waals surface area contributed by atoms with Crippen LogP contribution in [0.5, 0.6) is 0 Å². The van der Waals surface area contributed by atoms with Crippen LogP contribution >= 0.6 is 11.3 Å². The molecule has 2 amide bonds. The summed E-state index contributed by atoms with van der Waals surface area (Å²) >= 11 is 1.12. The fraction of sp³-hybridized carbons (Fsp3) is 0.0500. The van der Waals surface area contributed by atoms with E-state index >= 15 is 0 Å². The third kappa shape index (κ3) is 4.36. The first-order valence-electron chi connectivity index (χ1n) is 8.69. The minimum Gasteiger partial charge on any atom is -0.321 e. The van der Waals surface area contributed by atoms with Gasteiger partial charge in [-0.2, -0.15) is 5.10 Å². The quantitative estimate of drug-likeness (QED) is 0.530. The highest BCUT2D eigenvalue weighted by Gasteiger charge is 2.15.